The Morgan fingerprint density at radius 2 is 1.85 bits per heavy atom. The summed E-state index contributed by atoms with van der Waals surface area (Å²) in [5, 5.41) is 7.39. The SMILES string of the molecule is O=C(Cc1ccc(-c2ccccc2)cc1)NCCn1ncc2c1CCOC2. The molecule has 5 nitrogen and oxygen atoms in total. The van der Waals surface area contributed by atoms with E-state index in [1.807, 2.05) is 41.2 Å². The number of carbonyl (C=O) groups is 1. The molecule has 0 saturated carbocycles. The second-order valence-corrected chi connectivity index (χ2v) is 6.73. The fourth-order valence-electron chi connectivity index (χ4n) is 3.40. The third-order valence-corrected chi connectivity index (χ3v) is 4.85. The van der Waals surface area contributed by atoms with Gasteiger partial charge >= 0.3 is 0 Å². The van der Waals surface area contributed by atoms with Crippen molar-refractivity contribution in [3.8, 4) is 11.1 Å². The van der Waals surface area contributed by atoms with E-state index in [-0.39, 0.29) is 5.91 Å². The normalized spacial score (nSPS) is 13.2. The third-order valence-electron chi connectivity index (χ3n) is 4.85. The molecule has 0 saturated heterocycles. The predicted octanol–water partition coefficient (Wildman–Crippen LogP) is 2.98. The van der Waals surface area contributed by atoms with Crippen LogP contribution in [0.25, 0.3) is 11.1 Å². The number of nitrogens with one attached hydrogen (secondary N) is 1. The molecule has 0 spiro atoms. The standard InChI is InChI=1S/C22H23N3O2/c26-22(23-11-12-25-21-10-13-27-16-20(21)15-24-25)14-17-6-8-19(9-7-17)18-4-2-1-3-5-18/h1-9,15H,10-14,16H2,(H,23,26). The average molecular weight is 361 g/mol. The predicted molar refractivity (Wildman–Crippen MR) is 104 cm³/mol. The Balaban J connectivity index is 1.28. The zero-order valence-electron chi connectivity index (χ0n) is 15.2. The first-order valence-corrected chi connectivity index (χ1v) is 9.32. The van der Waals surface area contributed by atoms with Crippen LogP contribution in [0.1, 0.15) is 16.8 Å². The van der Waals surface area contributed by atoms with E-state index in [1.54, 1.807) is 0 Å². The quantitative estimate of drug-likeness (QED) is 0.734. The molecule has 1 aromatic heterocycles. The summed E-state index contributed by atoms with van der Waals surface area (Å²) in [6.45, 7) is 2.65. The molecule has 1 amide bonds. The summed E-state index contributed by atoms with van der Waals surface area (Å²) < 4.78 is 7.41. The zero-order valence-corrected chi connectivity index (χ0v) is 15.2. The van der Waals surface area contributed by atoms with Crippen LogP contribution in [0, 0.1) is 0 Å². The van der Waals surface area contributed by atoms with Crippen LogP contribution in [0.4, 0.5) is 0 Å². The largest absolute Gasteiger partial charge is 0.376 e. The van der Waals surface area contributed by atoms with E-state index in [0.29, 0.717) is 26.1 Å². The van der Waals surface area contributed by atoms with Crippen LogP contribution in [-0.4, -0.2) is 28.8 Å². The van der Waals surface area contributed by atoms with Gasteiger partial charge in [-0.2, -0.15) is 5.10 Å². The second kappa shape index (κ2) is 8.18. The molecule has 3 aromatic rings. The van der Waals surface area contributed by atoms with Crippen molar-refractivity contribution < 1.29 is 9.53 Å². The molecule has 0 atom stereocenters. The van der Waals surface area contributed by atoms with E-state index >= 15 is 0 Å². The Hall–Kier alpha value is -2.92. The van der Waals surface area contributed by atoms with Gasteiger partial charge < -0.3 is 10.1 Å². The second-order valence-electron chi connectivity index (χ2n) is 6.73. The molecule has 5 heteroatoms. The van der Waals surface area contributed by atoms with Gasteiger partial charge in [0, 0.05) is 24.2 Å². The summed E-state index contributed by atoms with van der Waals surface area (Å²) in [5.41, 5.74) is 5.74. The molecule has 4 rings (SSSR count). The highest BCUT2D eigenvalue weighted by Gasteiger charge is 2.15. The minimum Gasteiger partial charge on any atom is -0.376 e. The summed E-state index contributed by atoms with van der Waals surface area (Å²) in [4.78, 5) is 12.2. The monoisotopic (exact) mass is 361 g/mol. The van der Waals surface area contributed by atoms with Crippen LogP contribution in [0.3, 0.4) is 0 Å². The minimum atomic E-state index is 0.0341. The van der Waals surface area contributed by atoms with Gasteiger partial charge in [0.25, 0.3) is 0 Å². The van der Waals surface area contributed by atoms with E-state index < -0.39 is 0 Å². The van der Waals surface area contributed by atoms with Gasteiger partial charge in [-0.1, -0.05) is 54.6 Å². The molecule has 27 heavy (non-hydrogen) atoms. The summed E-state index contributed by atoms with van der Waals surface area (Å²) >= 11 is 0. The van der Waals surface area contributed by atoms with Crippen molar-refractivity contribution >= 4 is 5.91 Å². The minimum absolute atomic E-state index is 0.0341. The molecule has 1 aliphatic rings. The van der Waals surface area contributed by atoms with Crippen LogP contribution >= 0.6 is 0 Å². The van der Waals surface area contributed by atoms with Gasteiger partial charge in [-0.15, -0.1) is 0 Å². The van der Waals surface area contributed by atoms with Crippen molar-refractivity contribution in [1.29, 1.82) is 0 Å². The highest BCUT2D eigenvalue weighted by atomic mass is 16.5. The maximum absolute atomic E-state index is 12.2. The Kier molecular flexibility index (Phi) is 5.30. The Labute approximate surface area is 159 Å². The Morgan fingerprint density at radius 1 is 1.07 bits per heavy atom. The lowest BCUT2D eigenvalue weighted by molar-refractivity contribution is -0.120. The summed E-state index contributed by atoms with van der Waals surface area (Å²) in [6, 6.07) is 18.4. The average Bonchev–Trinajstić information content (AvgIpc) is 3.12. The van der Waals surface area contributed by atoms with Crippen molar-refractivity contribution in [2.24, 2.45) is 0 Å². The van der Waals surface area contributed by atoms with E-state index in [2.05, 4.69) is 34.7 Å². The van der Waals surface area contributed by atoms with Crippen molar-refractivity contribution in [2.75, 3.05) is 13.2 Å². The fourth-order valence-corrected chi connectivity index (χ4v) is 3.40. The molecule has 0 unspecified atom stereocenters. The van der Waals surface area contributed by atoms with E-state index in [1.165, 1.54) is 11.3 Å². The number of ether oxygens (including phenoxy) is 1. The molecule has 0 radical (unpaired) electrons. The summed E-state index contributed by atoms with van der Waals surface area (Å²) in [7, 11) is 0. The smallest absolute Gasteiger partial charge is 0.224 e. The van der Waals surface area contributed by atoms with Crippen molar-refractivity contribution in [3.63, 3.8) is 0 Å². The van der Waals surface area contributed by atoms with Gasteiger partial charge in [-0.25, -0.2) is 0 Å². The van der Waals surface area contributed by atoms with Gasteiger partial charge in [-0.05, 0) is 16.7 Å². The topological polar surface area (TPSA) is 56.2 Å². The van der Waals surface area contributed by atoms with Crippen LogP contribution < -0.4 is 5.32 Å². The third kappa shape index (κ3) is 4.26. The van der Waals surface area contributed by atoms with Crippen molar-refractivity contribution in [3.05, 3.63) is 77.6 Å². The highest BCUT2D eigenvalue weighted by Crippen LogP contribution is 2.19. The molecular weight excluding hydrogens is 338 g/mol. The lowest BCUT2D eigenvalue weighted by Gasteiger charge is -2.14. The van der Waals surface area contributed by atoms with Gasteiger partial charge in [0.1, 0.15) is 0 Å². The first-order valence-electron chi connectivity index (χ1n) is 9.32. The van der Waals surface area contributed by atoms with Crippen molar-refractivity contribution in [1.82, 2.24) is 15.1 Å². The molecular formula is C22H23N3O2. The van der Waals surface area contributed by atoms with Crippen LogP contribution in [-0.2, 0) is 35.5 Å². The number of fused-ring (bicyclic) bond motifs is 1. The van der Waals surface area contributed by atoms with E-state index in [9.17, 15) is 4.79 Å². The van der Waals surface area contributed by atoms with Crippen molar-refractivity contribution in [2.45, 2.75) is 26.0 Å². The summed E-state index contributed by atoms with van der Waals surface area (Å²) in [5.74, 6) is 0.0341. The molecule has 0 fully saturated rings. The lowest BCUT2D eigenvalue weighted by atomic mass is 10.0. The van der Waals surface area contributed by atoms with Gasteiger partial charge in [0.05, 0.1) is 32.4 Å². The van der Waals surface area contributed by atoms with Crippen LogP contribution in [0.5, 0.6) is 0 Å². The molecule has 1 N–H and O–H groups in total. The number of hydrogen-bond donors (Lipinski definition) is 1. The maximum Gasteiger partial charge on any atom is 0.224 e. The fraction of sp³-hybridized carbons (Fsp3) is 0.273. The Morgan fingerprint density at radius 3 is 2.67 bits per heavy atom. The lowest BCUT2D eigenvalue weighted by Crippen LogP contribution is -2.29. The molecule has 2 aromatic carbocycles. The molecule has 1 aliphatic heterocycles. The first-order chi connectivity index (χ1) is 13.3. The number of benzene rings is 2. The van der Waals surface area contributed by atoms with Crippen LogP contribution in [0.15, 0.2) is 60.8 Å². The molecule has 138 valence electrons. The summed E-state index contributed by atoms with van der Waals surface area (Å²) in [6.07, 6.45) is 3.14. The van der Waals surface area contributed by atoms with Gasteiger partial charge in [0.15, 0.2) is 0 Å². The molecule has 0 aliphatic carbocycles. The first kappa shape index (κ1) is 17.5. The number of amides is 1. The van der Waals surface area contributed by atoms with Crippen LogP contribution in [0.2, 0.25) is 0 Å². The van der Waals surface area contributed by atoms with E-state index in [0.717, 1.165) is 29.7 Å². The maximum atomic E-state index is 12.2. The van der Waals surface area contributed by atoms with Gasteiger partial charge in [-0.3, -0.25) is 9.48 Å². The number of rotatable bonds is 6. The Bertz CT molecular complexity index is 901. The zero-order chi connectivity index (χ0) is 18.5. The number of aromatic nitrogens is 2. The molecule has 0 bridgehead atoms. The van der Waals surface area contributed by atoms with E-state index in [4.69, 9.17) is 4.74 Å². The molecule has 2 heterocycles. The number of nitrogens with zero attached hydrogens (tertiary/aromatic N) is 2. The van der Waals surface area contributed by atoms with Gasteiger partial charge in [0.2, 0.25) is 5.91 Å². The number of hydrogen-bond acceptors (Lipinski definition) is 3. The number of carbonyl (C=O) groups excluding carboxylic acids is 1. The highest BCUT2D eigenvalue weighted by molar-refractivity contribution is 5.78.